The molecule has 1 rings (SSSR count). The summed E-state index contributed by atoms with van der Waals surface area (Å²) in [5.74, 6) is -5.83. The molecule has 1 aromatic rings. The molecule has 0 aliphatic heterocycles. The van der Waals surface area contributed by atoms with E-state index in [1.165, 1.54) is 0 Å². The largest absolute Gasteiger partial charge is 0.351 e. The highest BCUT2D eigenvalue weighted by molar-refractivity contribution is 7.54. The van der Waals surface area contributed by atoms with Crippen molar-refractivity contribution < 1.29 is 26.8 Å². The lowest BCUT2D eigenvalue weighted by atomic mass is 10.2. The van der Waals surface area contributed by atoms with E-state index in [0.29, 0.717) is 12.1 Å². The molecule has 0 radical (unpaired) electrons. The van der Waals surface area contributed by atoms with Gasteiger partial charge in [-0.25, -0.2) is 13.2 Å². The van der Waals surface area contributed by atoms with E-state index in [1.807, 2.05) is 0 Å². The van der Waals surface area contributed by atoms with Crippen LogP contribution in [0.15, 0.2) is 12.1 Å². The molecule has 108 valence electrons. The molecule has 8 heteroatoms. The molecule has 0 heterocycles. The van der Waals surface area contributed by atoms with Crippen molar-refractivity contribution in [3.8, 4) is 0 Å². The van der Waals surface area contributed by atoms with Crippen LogP contribution in [0.1, 0.15) is 25.2 Å². The minimum absolute atomic E-state index is 0.0527. The van der Waals surface area contributed by atoms with Gasteiger partial charge in [0, 0.05) is 0 Å². The molecule has 0 aliphatic carbocycles. The van der Waals surface area contributed by atoms with E-state index in [1.54, 1.807) is 13.8 Å². The Kier molecular flexibility index (Phi) is 5.55. The van der Waals surface area contributed by atoms with E-state index in [4.69, 9.17) is 14.8 Å². The number of nitrogens with two attached hydrogens (primary N) is 1. The van der Waals surface area contributed by atoms with Gasteiger partial charge in [-0.3, -0.25) is 4.57 Å². The van der Waals surface area contributed by atoms with Gasteiger partial charge in [-0.1, -0.05) is 0 Å². The molecule has 0 bridgehead atoms. The highest BCUT2D eigenvalue weighted by atomic mass is 31.2. The van der Waals surface area contributed by atoms with Gasteiger partial charge in [-0.15, -0.1) is 0 Å². The Morgan fingerprint density at radius 1 is 1.16 bits per heavy atom. The number of benzene rings is 1. The van der Waals surface area contributed by atoms with E-state index in [9.17, 15) is 17.7 Å². The summed E-state index contributed by atoms with van der Waals surface area (Å²) in [5.41, 5.74) is 5.47. The maximum atomic E-state index is 13.1. The van der Waals surface area contributed by atoms with Gasteiger partial charge in [-0.2, -0.15) is 0 Å². The van der Waals surface area contributed by atoms with Crippen molar-refractivity contribution in [2.45, 2.75) is 19.6 Å². The second-order valence-corrected chi connectivity index (χ2v) is 5.77. The van der Waals surface area contributed by atoms with Crippen LogP contribution in [0.25, 0.3) is 0 Å². The average Bonchev–Trinajstić information content (AvgIpc) is 2.35. The van der Waals surface area contributed by atoms with Crippen molar-refractivity contribution in [3.63, 3.8) is 0 Å². The Labute approximate surface area is 109 Å². The van der Waals surface area contributed by atoms with E-state index in [-0.39, 0.29) is 18.8 Å². The lowest BCUT2D eigenvalue weighted by Gasteiger charge is -2.23. The summed E-state index contributed by atoms with van der Waals surface area (Å²) < 4.78 is 61.3. The first kappa shape index (κ1) is 16.2. The Bertz CT molecular complexity index is 465. The maximum Gasteiger partial charge on any atom is 0.351 e. The molecule has 0 unspecified atom stereocenters. The van der Waals surface area contributed by atoms with Crippen LogP contribution in [0.2, 0.25) is 0 Å². The van der Waals surface area contributed by atoms with E-state index in [2.05, 4.69) is 0 Å². The van der Waals surface area contributed by atoms with Crippen molar-refractivity contribution in [2.24, 2.45) is 5.73 Å². The molecule has 0 amide bonds. The molecule has 0 aliphatic rings. The first-order chi connectivity index (χ1) is 8.85. The zero-order valence-electron chi connectivity index (χ0n) is 10.5. The summed E-state index contributed by atoms with van der Waals surface area (Å²) in [6, 6.07) is 1.35. The van der Waals surface area contributed by atoms with Gasteiger partial charge in [0.25, 0.3) is 0 Å². The quantitative estimate of drug-likeness (QED) is 0.646. The van der Waals surface area contributed by atoms with Crippen LogP contribution in [-0.2, 0) is 13.6 Å². The molecule has 0 spiro atoms. The summed E-state index contributed by atoms with van der Waals surface area (Å²) in [7, 11) is -3.77. The third kappa shape index (κ3) is 3.57. The van der Waals surface area contributed by atoms with E-state index >= 15 is 0 Å². The fourth-order valence-electron chi connectivity index (χ4n) is 1.49. The third-order valence-corrected chi connectivity index (χ3v) is 4.52. The van der Waals surface area contributed by atoms with Gasteiger partial charge in [-0.05, 0) is 31.5 Å². The lowest BCUT2D eigenvalue weighted by Crippen LogP contribution is -2.16. The molecule has 1 atom stereocenters. The summed E-state index contributed by atoms with van der Waals surface area (Å²) in [5, 5.41) is 0. The van der Waals surface area contributed by atoms with Gasteiger partial charge in [0.05, 0.1) is 13.2 Å². The third-order valence-electron chi connectivity index (χ3n) is 2.31. The Balaban J connectivity index is 3.16. The Hall–Kier alpha value is -0.880. The van der Waals surface area contributed by atoms with E-state index < -0.39 is 30.8 Å². The van der Waals surface area contributed by atoms with Crippen molar-refractivity contribution in [2.75, 3.05) is 13.2 Å². The fraction of sp³-hybridized carbons (Fsp3) is 0.455. The smallest absolute Gasteiger partial charge is 0.314 e. The number of rotatable bonds is 6. The van der Waals surface area contributed by atoms with Gasteiger partial charge in [0.15, 0.2) is 17.5 Å². The fourth-order valence-corrected chi connectivity index (χ4v) is 3.12. The average molecular weight is 297 g/mol. The predicted octanol–water partition coefficient (Wildman–Crippen LogP) is 3.33. The monoisotopic (exact) mass is 297 g/mol. The van der Waals surface area contributed by atoms with Crippen LogP contribution in [0.5, 0.6) is 0 Å². The predicted molar refractivity (Wildman–Crippen MR) is 64.1 cm³/mol. The normalized spacial score (nSPS) is 13.6. The molecule has 1 aromatic carbocycles. The van der Waals surface area contributed by atoms with Crippen LogP contribution >= 0.6 is 7.60 Å². The first-order valence-electron chi connectivity index (χ1n) is 5.64. The van der Waals surface area contributed by atoms with Crippen molar-refractivity contribution in [3.05, 3.63) is 35.1 Å². The number of halogens is 3. The molecular weight excluding hydrogens is 282 g/mol. The van der Waals surface area contributed by atoms with Crippen molar-refractivity contribution in [1.82, 2.24) is 0 Å². The van der Waals surface area contributed by atoms with Crippen LogP contribution in [-0.4, -0.2) is 13.2 Å². The molecule has 19 heavy (non-hydrogen) atoms. The van der Waals surface area contributed by atoms with Crippen LogP contribution in [0.4, 0.5) is 13.2 Å². The number of hydrogen-bond acceptors (Lipinski definition) is 4. The summed E-state index contributed by atoms with van der Waals surface area (Å²) in [6.07, 6.45) is 0. The summed E-state index contributed by atoms with van der Waals surface area (Å²) >= 11 is 0. The van der Waals surface area contributed by atoms with Crippen LogP contribution in [0.3, 0.4) is 0 Å². The zero-order valence-corrected chi connectivity index (χ0v) is 11.4. The molecule has 2 N–H and O–H groups in total. The highest BCUT2D eigenvalue weighted by Crippen LogP contribution is 2.58. The van der Waals surface area contributed by atoms with Gasteiger partial charge >= 0.3 is 7.60 Å². The van der Waals surface area contributed by atoms with Crippen molar-refractivity contribution in [1.29, 1.82) is 0 Å². The van der Waals surface area contributed by atoms with Gasteiger partial charge in [0.1, 0.15) is 5.78 Å². The molecular formula is C11H15F3NO3P. The second-order valence-electron chi connectivity index (χ2n) is 3.62. The zero-order chi connectivity index (χ0) is 14.6. The summed E-state index contributed by atoms with van der Waals surface area (Å²) in [6.45, 7) is 3.25. The standard InChI is InChI=1S/C11H15F3NO3P/c1-3-17-19(16,18-4-2)11(15)7-5-8(12)10(14)9(13)6-7/h5-6,11H,3-4,15H2,1-2H3/t11-/m1/s1. The minimum atomic E-state index is -3.77. The molecule has 4 nitrogen and oxygen atoms in total. The first-order valence-corrected chi connectivity index (χ1v) is 7.25. The molecule has 0 fully saturated rings. The summed E-state index contributed by atoms with van der Waals surface area (Å²) in [4.78, 5) is 0. The maximum absolute atomic E-state index is 13.1. The van der Waals surface area contributed by atoms with Gasteiger partial charge < -0.3 is 14.8 Å². The highest BCUT2D eigenvalue weighted by Gasteiger charge is 2.34. The lowest BCUT2D eigenvalue weighted by molar-refractivity contribution is 0.212. The Morgan fingerprint density at radius 2 is 1.58 bits per heavy atom. The molecule has 0 saturated heterocycles. The van der Waals surface area contributed by atoms with E-state index in [0.717, 1.165) is 0 Å². The van der Waals surface area contributed by atoms with Crippen LogP contribution in [0, 0.1) is 17.5 Å². The van der Waals surface area contributed by atoms with Crippen LogP contribution < -0.4 is 5.73 Å². The second kappa shape index (κ2) is 6.52. The molecule has 0 saturated carbocycles. The number of hydrogen-bond donors (Lipinski definition) is 1. The van der Waals surface area contributed by atoms with Crippen molar-refractivity contribution >= 4 is 7.60 Å². The Morgan fingerprint density at radius 3 is 1.95 bits per heavy atom. The topological polar surface area (TPSA) is 61.5 Å². The van der Waals surface area contributed by atoms with Gasteiger partial charge in [0.2, 0.25) is 0 Å². The molecule has 0 aromatic heterocycles. The SMILES string of the molecule is CCOP(=O)(OCC)[C@@H](N)c1cc(F)c(F)c(F)c1. The minimum Gasteiger partial charge on any atom is -0.314 e.